The summed E-state index contributed by atoms with van der Waals surface area (Å²) in [7, 11) is 0. The summed E-state index contributed by atoms with van der Waals surface area (Å²) in [6.45, 7) is 2.88. The van der Waals surface area contributed by atoms with Gasteiger partial charge in [0.05, 0.1) is 5.56 Å². The standard InChI is InChI=1S/C13H17F3N2/c14-13(15,16)11-1-3-12(4-2-11)18-9-10-5-7-17-8-6-10/h1-4,10,17-18H,5-9H2. The van der Waals surface area contributed by atoms with Crippen molar-refractivity contribution in [2.75, 3.05) is 25.0 Å². The SMILES string of the molecule is FC(F)(F)c1ccc(NCC2CCNCC2)cc1. The maximum Gasteiger partial charge on any atom is 0.416 e. The van der Waals surface area contributed by atoms with Gasteiger partial charge in [-0.15, -0.1) is 0 Å². The minimum atomic E-state index is -4.26. The Morgan fingerprint density at radius 3 is 2.28 bits per heavy atom. The Morgan fingerprint density at radius 2 is 1.72 bits per heavy atom. The highest BCUT2D eigenvalue weighted by Gasteiger charge is 2.29. The predicted molar refractivity (Wildman–Crippen MR) is 65.5 cm³/mol. The lowest BCUT2D eigenvalue weighted by atomic mass is 9.98. The van der Waals surface area contributed by atoms with Gasteiger partial charge in [-0.1, -0.05) is 0 Å². The van der Waals surface area contributed by atoms with Crippen molar-refractivity contribution < 1.29 is 13.2 Å². The Bertz CT molecular complexity index is 367. The summed E-state index contributed by atoms with van der Waals surface area (Å²) in [6, 6.07) is 5.21. The van der Waals surface area contributed by atoms with E-state index in [0.29, 0.717) is 5.92 Å². The van der Waals surface area contributed by atoms with Gasteiger partial charge in [-0.2, -0.15) is 13.2 Å². The maximum atomic E-state index is 12.4. The quantitative estimate of drug-likeness (QED) is 0.870. The molecule has 0 aliphatic carbocycles. The van der Waals surface area contributed by atoms with E-state index < -0.39 is 11.7 Å². The zero-order chi connectivity index (χ0) is 13.0. The molecular formula is C13H17F3N2. The monoisotopic (exact) mass is 258 g/mol. The molecule has 1 aromatic carbocycles. The van der Waals surface area contributed by atoms with Gasteiger partial charge in [0.15, 0.2) is 0 Å². The summed E-state index contributed by atoms with van der Waals surface area (Å²) >= 11 is 0. The number of anilines is 1. The van der Waals surface area contributed by atoms with Crippen LogP contribution in [0, 0.1) is 5.92 Å². The van der Waals surface area contributed by atoms with Crippen LogP contribution in [0.15, 0.2) is 24.3 Å². The molecule has 0 saturated carbocycles. The second-order valence-electron chi connectivity index (χ2n) is 4.65. The number of rotatable bonds is 3. The van der Waals surface area contributed by atoms with Gasteiger partial charge in [0.2, 0.25) is 0 Å². The largest absolute Gasteiger partial charge is 0.416 e. The fraction of sp³-hybridized carbons (Fsp3) is 0.538. The topological polar surface area (TPSA) is 24.1 Å². The molecule has 1 aliphatic rings. The van der Waals surface area contributed by atoms with Crippen LogP contribution >= 0.6 is 0 Å². The van der Waals surface area contributed by atoms with E-state index in [1.165, 1.54) is 12.1 Å². The smallest absolute Gasteiger partial charge is 0.385 e. The lowest BCUT2D eigenvalue weighted by Crippen LogP contribution is -2.31. The molecule has 2 rings (SSSR count). The third-order valence-electron chi connectivity index (χ3n) is 3.27. The van der Waals surface area contributed by atoms with Gasteiger partial charge in [0, 0.05) is 12.2 Å². The first-order chi connectivity index (χ1) is 8.55. The predicted octanol–water partition coefficient (Wildman–Crippen LogP) is 3.12. The van der Waals surface area contributed by atoms with E-state index in [1.807, 2.05) is 0 Å². The van der Waals surface area contributed by atoms with Crippen LogP contribution in [-0.2, 0) is 6.18 Å². The number of halogens is 3. The minimum Gasteiger partial charge on any atom is -0.385 e. The fourth-order valence-electron chi connectivity index (χ4n) is 2.13. The van der Waals surface area contributed by atoms with Crippen molar-refractivity contribution in [3.8, 4) is 0 Å². The van der Waals surface area contributed by atoms with E-state index >= 15 is 0 Å². The number of hydrogen-bond acceptors (Lipinski definition) is 2. The van der Waals surface area contributed by atoms with Crippen molar-refractivity contribution in [2.45, 2.75) is 19.0 Å². The van der Waals surface area contributed by atoms with Gasteiger partial charge in [0.25, 0.3) is 0 Å². The van der Waals surface area contributed by atoms with Crippen LogP contribution in [-0.4, -0.2) is 19.6 Å². The van der Waals surface area contributed by atoms with Crippen molar-refractivity contribution >= 4 is 5.69 Å². The first kappa shape index (κ1) is 13.2. The molecule has 1 aliphatic heterocycles. The molecule has 5 heteroatoms. The number of benzene rings is 1. The molecule has 18 heavy (non-hydrogen) atoms. The van der Waals surface area contributed by atoms with E-state index in [-0.39, 0.29) is 0 Å². The van der Waals surface area contributed by atoms with Crippen LogP contribution in [0.4, 0.5) is 18.9 Å². The lowest BCUT2D eigenvalue weighted by Gasteiger charge is -2.23. The van der Waals surface area contributed by atoms with Crippen LogP contribution < -0.4 is 10.6 Å². The molecule has 2 N–H and O–H groups in total. The van der Waals surface area contributed by atoms with Crippen LogP contribution in [0.5, 0.6) is 0 Å². The van der Waals surface area contributed by atoms with Crippen LogP contribution in [0.2, 0.25) is 0 Å². The van der Waals surface area contributed by atoms with Gasteiger partial charge in [-0.3, -0.25) is 0 Å². The molecule has 0 radical (unpaired) electrons. The average molecular weight is 258 g/mol. The molecule has 100 valence electrons. The average Bonchev–Trinajstić information content (AvgIpc) is 2.37. The van der Waals surface area contributed by atoms with Crippen molar-refractivity contribution in [3.63, 3.8) is 0 Å². The third-order valence-corrected chi connectivity index (χ3v) is 3.27. The Kier molecular flexibility index (Phi) is 4.11. The summed E-state index contributed by atoms with van der Waals surface area (Å²) in [5, 5.41) is 6.48. The Hall–Kier alpha value is -1.23. The van der Waals surface area contributed by atoms with Crippen molar-refractivity contribution in [3.05, 3.63) is 29.8 Å². The number of alkyl halides is 3. The van der Waals surface area contributed by atoms with Crippen LogP contribution in [0.25, 0.3) is 0 Å². The molecule has 1 fully saturated rings. The van der Waals surface area contributed by atoms with Gasteiger partial charge in [-0.25, -0.2) is 0 Å². The first-order valence-electron chi connectivity index (χ1n) is 6.17. The normalized spacial score (nSPS) is 17.7. The molecule has 2 nitrogen and oxygen atoms in total. The maximum absolute atomic E-state index is 12.4. The summed E-state index contributed by atoms with van der Waals surface area (Å²) in [5.41, 5.74) is 0.149. The van der Waals surface area contributed by atoms with E-state index in [9.17, 15) is 13.2 Å². The third kappa shape index (κ3) is 3.63. The van der Waals surface area contributed by atoms with Gasteiger partial charge < -0.3 is 10.6 Å². The molecule has 0 bridgehead atoms. The second-order valence-corrected chi connectivity index (χ2v) is 4.65. The van der Waals surface area contributed by atoms with Crippen molar-refractivity contribution in [1.29, 1.82) is 0 Å². The highest BCUT2D eigenvalue weighted by molar-refractivity contribution is 5.45. The van der Waals surface area contributed by atoms with Crippen molar-refractivity contribution in [2.24, 2.45) is 5.92 Å². The highest BCUT2D eigenvalue weighted by atomic mass is 19.4. The Labute approximate surface area is 105 Å². The second kappa shape index (κ2) is 5.61. The number of piperidine rings is 1. The molecule has 1 saturated heterocycles. The summed E-state index contributed by atoms with van der Waals surface area (Å²) < 4.78 is 37.1. The van der Waals surface area contributed by atoms with Crippen molar-refractivity contribution in [1.82, 2.24) is 5.32 Å². The molecule has 0 amide bonds. The van der Waals surface area contributed by atoms with E-state index in [4.69, 9.17) is 0 Å². The Morgan fingerprint density at radius 1 is 1.11 bits per heavy atom. The van der Waals surface area contributed by atoms with E-state index in [2.05, 4.69) is 10.6 Å². The zero-order valence-corrected chi connectivity index (χ0v) is 10.1. The molecule has 1 heterocycles. The van der Waals surface area contributed by atoms with Crippen LogP contribution in [0.1, 0.15) is 18.4 Å². The lowest BCUT2D eigenvalue weighted by molar-refractivity contribution is -0.137. The number of nitrogens with one attached hydrogen (secondary N) is 2. The molecular weight excluding hydrogens is 241 g/mol. The molecule has 0 atom stereocenters. The van der Waals surface area contributed by atoms with Gasteiger partial charge in [-0.05, 0) is 56.1 Å². The van der Waals surface area contributed by atoms with Crippen LogP contribution in [0.3, 0.4) is 0 Å². The number of hydrogen-bond donors (Lipinski definition) is 2. The summed E-state index contributed by atoms with van der Waals surface area (Å²) in [4.78, 5) is 0. The Balaban J connectivity index is 1.86. The first-order valence-corrected chi connectivity index (χ1v) is 6.17. The fourth-order valence-corrected chi connectivity index (χ4v) is 2.13. The minimum absolute atomic E-state index is 0.602. The molecule has 0 unspecified atom stereocenters. The van der Waals surface area contributed by atoms with Gasteiger partial charge >= 0.3 is 6.18 Å². The highest BCUT2D eigenvalue weighted by Crippen LogP contribution is 2.29. The zero-order valence-electron chi connectivity index (χ0n) is 10.1. The molecule has 1 aromatic rings. The van der Waals surface area contributed by atoms with Gasteiger partial charge in [0.1, 0.15) is 0 Å². The molecule has 0 spiro atoms. The summed E-state index contributed by atoms with van der Waals surface area (Å²) in [6.07, 6.45) is -2.02. The van der Waals surface area contributed by atoms with E-state index in [1.54, 1.807) is 0 Å². The summed E-state index contributed by atoms with van der Waals surface area (Å²) in [5.74, 6) is 0.605. The van der Waals surface area contributed by atoms with E-state index in [0.717, 1.165) is 50.3 Å². The molecule has 0 aromatic heterocycles.